The molecule has 0 aromatic heterocycles. The van der Waals surface area contributed by atoms with Crippen LogP contribution in [0.2, 0.25) is 0 Å². The Kier molecular flexibility index (Phi) is 9.77. The van der Waals surface area contributed by atoms with Gasteiger partial charge in [0.2, 0.25) is 0 Å². The van der Waals surface area contributed by atoms with Gasteiger partial charge in [0.15, 0.2) is 0 Å². The van der Waals surface area contributed by atoms with Crippen LogP contribution >= 0.6 is 0 Å². The molecule has 266 valence electrons. The van der Waals surface area contributed by atoms with E-state index in [0.717, 1.165) is 0 Å². The predicted octanol–water partition coefficient (Wildman–Crippen LogP) is 15.2. The van der Waals surface area contributed by atoms with Gasteiger partial charge in [-0.2, -0.15) is 0 Å². The summed E-state index contributed by atoms with van der Waals surface area (Å²) in [6.07, 6.45) is 0. The molecule has 0 heterocycles. The topological polar surface area (TPSA) is 0 Å². The molecule has 52 heavy (non-hydrogen) atoms. The number of benzene rings is 6. The van der Waals surface area contributed by atoms with Gasteiger partial charge in [-0.1, -0.05) is 204 Å². The molecule has 0 atom stereocenters. The first-order valence-corrected chi connectivity index (χ1v) is 19.0. The van der Waals surface area contributed by atoms with E-state index in [-0.39, 0.29) is 21.7 Å². The molecule has 6 aromatic carbocycles. The lowest BCUT2D eigenvalue weighted by Gasteiger charge is -2.32. The van der Waals surface area contributed by atoms with Crippen LogP contribution in [-0.2, 0) is 21.7 Å². The van der Waals surface area contributed by atoms with Crippen LogP contribution in [-0.4, -0.2) is 0 Å². The van der Waals surface area contributed by atoms with Crippen molar-refractivity contribution in [2.45, 2.75) is 105 Å². The molecule has 6 aromatic rings. The number of hydrogen-bond acceptors (Lipinski definition) is 0. The van der Waals surface area contributed by atoms with E-state index in [0.29, 0.717) is 0 Å². The van der Waals surface area contributed by atoms with E-state index in [4.69, 9.17) is 0 Å². The second-order valence-corrected chi connectivity index (χ2v) is 18.8. The first-order chi connectivity index (χ1) is 24.3. The third-order valence-corrected chi connectivity index (χ3v) is 10.5. The van der Waals surface area contributed by atoms with Crippen LogP contribution in [0.4, 0.5) is 0 Å². The van der Waals surface area contributed by atoms with Gasteiger partial charge < -0.3 is 0 Å². The average molecular weight is 683 g/mol. The zero-order valence-electron chi connectivity index (χ0n) is 33.7. The first-order valence-electron chi connectivity index (χ1n) is 19.0. The van der Waals surface area contributed by atoms with Crippen LogP contribution in [0.1, 0.15) is 105 Å². The van der Waals surface area contributed by atoms with Gasteiger partial charge in [-0.05, 0) is 112 Å². The molecule has 0 saturated heterocycles. The summed E-state index contributed by atoms with van der Waals surface area (Å²) in [5.41, 5.74) is 18.3. The van der Waals surface area contributed by atoms with Gasteiger partial charge in [-0.25, -0.2) is 0 Å². The van der Waals surface area contributed by atoms with Crippen molar-refractivity contribution in [3.05, 3.63) is 156 Å². The first kappa shape index (κ1) is 37.1. The van der Waals surface area contributed by atoms with Crippen LogP contribution in [0, 0.1) is 0 Å². The summed E-state index contributed by atoms with van der Waals surface area (Å²) >= 11 is 0. The van der Waals surface area contributed by atoms with Crippen molar-refractivity contribution in [1.82, 2.24) is 0 Å². The maximum Gasteiger partial charge on any atom is -0.0109 e. The normalized spacial score (nSPS) is 12.6. The molecule has 0 nitrogen and oxygen atoms in total. The van der Waals surface area contributed by atoms with E-state index in [1.807, 2.05) is 0 Å². The zero-order chi connectivity index (χ0) is 37.6. The Balaban J connectivity index is 1.38. The molecule has 0 amide bonds. The molecule has 0 spiro atoms. The zero-order valence-corrected chi connectivity index (χ0v) is 33.7. The molecule has 0 aliphatic rings. The van der Waals surface area contributed by atoms with Crippen molar-refractivity contribution in [1.29, 1.82) is 0 Å². The molecule has 0 radical (unpaired) electrons. The highest BCUT2D eigenvalue weighted by Gasteiger charge is 2.29. The lowest BCUT2D eigenvalue weighted by atomic mass is 9.72. The number of rotatable bonds is 5. The molecule has 0 fully saturated rings. The van der Waals surface area contributed by atoms with E-state index >= 15 is 0 Å². The van der Waals surface area contributed by atoms with Crippen LogP contribution in [0.15, 0.2) is 133 Å². The van der Waals surface area contributed by atoms with Crippen LogP contribution < -0.4 is 0 Å². The summed E-state index contributed by atoms with van der Waals surface area (Å²) < 4.78 is 0. The Bertz CT molecular complexity index is 2080. The fourth-order valence-electron chi connectivity index (χ4n) is 7.13. The second kappa shape index (κ2) is 13.7. The minimum Gasteiger partial charge on any atom is -0.0622 e. The Morgan fingerprint density at radius 2 is 0.538 bits per heavy atom. The van der Waals surface area contributed by atoms with E-state index in [9.17, 15) is 0 Å². The van der Waals surface area contributed by atoms with Gasteiger partial charge in [-0.15, -0.1) is 0 Å². The highest BCUT2D eigenvalue weighted by molar-refractivity contribution is 5.82. The van der Waals surface area contributed by atoms with Crippen LogP contribution in [0.3, 0.4) is 0 Å². The van der Waals surface area contributed by atoms with E-state index in [2.05, 4.69) is 217 Å². The minimum atomic E-state index is -0.0480. The standard InChI is InChI=1S/C52H58/c1-49(2,3)44-30-42(31-45(34-44)50(4,5)6)43-32-46(51(7,8)9)48(47(33-43)52(10,11)12)41-28-26-40(27-29-41)39-24-22-38(23-25-39)37-20-18-36(19-21-37)35-16-14-13-15-17-35/h13-34H,1-12H3. The van der Waals surface area contributed by atoms with E-state index in [1.54, 1.807) is 0 Å². The van der Waals surface area contributed by atoms with Gasteiger partial charge >= 0.3 is 0 Å². The second-order valence-electron chi connectivity index (χ2n) is 18.8. The Morgan fingerprint density at radius 1 is 0.250 bits per heavy atom. The quantitative estimate of drug-likeness (QED) is 0.170. The summed E-state index contributed by atoms with van der Waals surface area (Å²) in [5.74, 6) is 0. The fourth-order valence-corrected chi connectivity index (χ4v) is 7.13. The van der Waals surface area contributed by atoms with Crippen LogP contribution in [0.25, 0.3) is 55.6 Å². The maximum absolute atomic E-state index is 2.48. The summed E-state index contributed by atoms with van der Waals surface area (Å²) in [6.45, 7) is 28.1. The van der Waals surface area contributed by atoms with Gasteiger partial charge in [0.25, 0.3) is 0 Å². The third-order valence-electron chi connectivity index (χ3n) is 10.5. The molecular formula is C52H58. The Hall–Kier alpha value is -4.68. The minimum absolute atomic E-state index is 0.0480. The lowest BCUT2D eigenvalue weighted by molar-refractivity contribution is 0.568. The highest BCUT2D eigenvalue weighted by Crippen LogP contribution is 2.45. The molecule has 0 unspecified atom stereocenters. The monoisotopic (exact) mass is 682 g/mol. The predicted molar refractivity (Wildman–Crippen MR) is 228 cm³/mol. The molecule has 0 aliphatic heterocycles. The highest BCUT2D eigenvalue weighted by atomic mass is 14.3. The molecule has 0 aliphatic carbocycles. The maximum atomic E-state index is 2.48. The molecule has 0 saturated carbocycles. The van der Waals surface area contributed by atoms with E-state index < -0.39 is 0 Å². The SMILES string of the molecule is CC(C)(C)c1cc(-c2cc(C(C)(C)C)c(-c3ccc(-c4ccc(-c5ccc(-c6ccccc6)cc5)cc4)cc3)c(C(C)(C)C)c2)cc(C(C)(C)C)c1. The van der Waals surface area contributed by atoms with Crippen molar-refractivity contribution >= 4 is 0 Å². The Labute approximate surface area is 315 Å². The molecule has 0 N–H and O–H groups in total. The summed E-state index contributed by atoms with van der Waals surface area (Å²) in [4.78, 5) is 0. The van der Waals surface area contributed by atoms with Crippen molar-refractivity contribution in [2.75, 3.05) is 0 Å². The Morgan fingerprint density at radius 3 is 0.846 bits per heavy atom. The van der Waals surface area contributed by atoms with E-state index in [1.165, 1.54) is 77.9 Å². The molecule has 0 heteroatoms. The molecular weight excluding hydrogens is 625 g/mol. The van der Waals surface area contributed by atoms with Crippen molar-refractivity contribution in [3.63, 3.8) is 0 Å². The average Bonchev–Trinajstić information content (AvgIpc) is 3.10. The summed E-state index contributed by atoms with van der Waals surface area (Å²) in [6, 6.07) is 50.0. The third kappa shape index (κ3) is 8.03. The van der Waals surface area contributed by atoms with Gasteiger partial charge in [0.05, 0.1) is 0 Å². The number of hydrogen-bond donors (Lipinski definition) is 0. The lowest BCUT2D eigenvalue weighted by Crippen LogP contribution is -2.20. The molecule has 6 rings (SSSR count). The van der Waals surface area contributed by atoms with Crippen molar-refractivity contribution < 1.29 is 0 Å². The summed E-state index contributed by atoms with van der Waals surface area (Å²) in [7, 11) is 0. The van der Waals surface area contributed by atoms with Gasteiger partial charge in [-0.3, -0.25) is 0 Å². The fraction of sp³-hybridized carbons (Fsp3) is 0.308. The largest absolute Gasteiger partial charge is 0.0622 e. The van der Waals surface area contributed by atoms with Crippen molar-refractivity contribution in [2.24, 2.45) is 0 Å². The molecule has 0 bridgehead atoms. The summed E-state index contributed by atoms with van der Waals surface area (Å²) in [5, 5.41) is 0. The van der Waals surface area contributed by atoms with Crippen LogP contribution in [0.5, 0.6) is 0 Å². The smallest absolute Gasteiger partial charge is 0.0109 e. The van der Waals surface area contributed by atoms with Gasteiger partial charge in [0.1, 0.15) is 0 Å². The van der Waals surface area contributed by atoms with Crippen molar-refractivity contribution in [3.8, 4) is 55.6 Å². The van der Waals surface area contributed by atoms with Gasteiger partial charge in [0, 0.05) is 0 Å².